The number of rotatable bonds is 3. The monoisotopic (exact) mass is 355 g/mol. The van der Waals surface area contributed by atoms with Crippen LogP contribution >= 0.6 is 39.7 Å². The summed E-state index contributed by atoms with van der Waals surface area (Å²) in [7, 11) is 1.93. The molecule has 0 bridgehead atoms. The average Bonchev–Trinajstić information content (AvgIpc) is 2.38. The summed E-state index contributed by atoms with van der Waals surface area (Å²) < 4.78 is 0.834. The maximum Gasteiger partial charge on any atom is 0.147 e. The van der Waals surface area contributed by atoms with E-state index in [2.05, 4.69) is 20.9 Å². The van der Waals surface area contributed by atoms with Gasteiger partial charge >= 0.3 is 0 Å². The van der Waals surface area contributed by atoms with Crippen LogP contribution in [0.3, 0.4) is 0 Å². The molecule has 1 aromatic carbocycles. The molecule has 0 radical (unpaired) electrons. The number of pyridine rings is 1. The van der Waals surface area contributed by atoms with Gasteiger partial charge in [-0.3, -0.25) is 0 Å². The SMILES string of the molecule is CN(c1ccc(C(N)=S)cc1)c1ncc(Cl)cc1Br. The zero-order valence-corrected chi connectivity index (χ0v) is 13.3. The summed E-state index contributed by atoms with van der Waals surface area (Å²) >= 11 is 14.3. The smallest absolute Gasteiger partial charge is 0.147 e. The van der Waals surface area contributed by atoms with Crippen LogP contribution in [0.5, 0.6) is 0 Å². The number of aromatic nitrogens is 1. The van der Waals surface area contributed by atoms with E-state index in [4.69, 9.17) is 29.6 Å². The van der Waals surface area contributed by atoms with Crippen LogP contribution in [-0.2, 0) is 0 Å². The Morgan fingerprint density at radius 2 is 2.00 bits per heavy atom. The van der Waals surface area contributed by atoms with Crippen LogP contribution in [0.4, 0.5) is 11.5 Å². The molecule has 2 N–H and O–H groups in total. The van der Waals surface area contributed by atoms with Crippen molar-refractivity contribution in [1.82, 2.24) is 4.98 Å². The number of nitrogens with two attached hydrogens (primary N) is 1. The Morgan fingerprint density at radius 3 is 2.53 bits per heavy atom. The number of halogens is 2. The average molecular weight is 357 g/mol. The van der Waals surface area contributed by atoms with Crippen molar-refractivity contribution in [2.45, 2.75) is 0 Å². The van der Waals surface area contributed by atoms with Crippen LogP contribution in [0.25, 0.3) is 0 Å². The second-order valence-electron chi connectivity index (χ2n) is 3.93. The highest BCUT2D eigenvalue weighted by Gasteiger charge is 2.10. The molecule has 2 aromatic rings. The van der Waals surface area contributed by atoms with E-state index in [1.807, 2.05) is 42.3 Å². The lowest BCUT2D eigenvalue weighted by molar-refractivity contribution is 1.12. The molecule has 0 atom stereocenters. The second-order valence-corrected chi connectivity index (χ2v) is 5.66. The second kappa shape index (κ2) is 5.86. The van der Waals surface area contributed by atoms with Crippen molar-refractivity contribution >= 4 is 56.2 Å². The highest BCUT2D eigenvalue weighted by Crippen LogP contribution is 2.30. The normalized spacial score (nSPS) is 10.3. The van der Waals surface area contributed by atoms with Crippen LogP contribution < -0.4 is 10.6 Å². The van der Waals surface area contributed by atoms with Crippen molar-refractivity contribution in [2.75, 3.05) is 11.9 Å². The quantitative estimate of drug-likeness (QED) is 0.847. The maximum atomic E-state index is 5.88. The van der Waals surface area contributed by atoms with Gasteiger partial charge in [0.2, 0.25) is 0 Å². The first-order valence-electron chi connectivity index (χ1n) is 5.43. The maximum absolute atomic E-state index is 5.88. The minimum absolute atomic E-state index is 0.389. The molecule has 1 aromatic heterocycles. The third kappa shape index (κ3) is 3.23. The Morgan fingerprint density at radius 1 is 1.37 bits per heavy atom. The lowest BCUT2D eigenvalue weighted by Gasteiger charge is -2.20. The Hall–Kier alpha value is -1.17. The van der Waals surface area contributed by atoms with Crippen LogP contribution in [0.1, 0.15) is 5.56 Å². The predicted molar refractivity (Wildman–Crippen MR) is 87.3 cm³/mol. The number of nitrogens with zero attached hydrogens (tertiary/aromatic N) is 2. The van der Waals surface area contributed by atoms with Crippen molar-refractivity contribution in [1.29, 1.82) is 0 Å². The summed E-state index contributed by atoms with van der Waals surface area (Å²) in [5, 5.41) is 0.591. The Labute approximate surface area is 130 Å². The van der Waals surface area contributed by atoms with Gasteiger partial charge in [-0.1, -0.05) is 23.8 Å². The van der Waals surface area contributed by atoms with Crippen LogP contribution in [0, 0.1) is 0 Å². The zero-order valence-electron chi connectivity index (χ0n) is 10.1. The first-order valence-corrected chi connectivity index (χ1v) is 7.01. The van der Waals surface area contributed by atoms with E-state index in [9.17, 15) is 0 Å². The van der Waals surface area contributed by atoms with Crippen molar-refractivity contribution in [3.8, 4) is 0 Å². The number of thiocarbonyl (C=S) groups is 1. The van der Waals surface area contributed by atoms with Gasteiger partial charge in [-0.05, 0) is 46.3 Å². The fourth-order valence-electron chi connectivity index (χ4n) is 1.63. The molecule has 0 aliphatic rings. The summed E-state index contributed by atoms with van der Waals surface area (Å²) in [5.41, 5.74) is 7.40. The third-order valence-corrected chi connectivity index (χ3v) is 3.67. The van der Waals surface area contributed by atoms with E-state index >= 15 is 0 Å². The standard InChI is InChI=1S/C13H11BrClN3S/c1-18(13-11(14)6-9(15)7-17-13)10-4-2-8(3-5-10)12(16)19/h2-7H,1H3,(H2,16,19). The lowest BCUT2D eigenvalue weighted by atomic mass is 10.2. The molecule has 1 heterocycles. The molecule has 0 aliphatic carbocycles. The van der Waals surface area contributed by atoms with Gasteiger partial charge in [0.05, 0.1) is 9.50 Å². The minimum atomic E-state index is 0.389. The summed E-state index contributed by atoms with van der Waals surface area (Å²) in [4.78, 5) is 6.65. The number of hydrogen-bond acceptors (Lipinski definition) is 3. The number of hydrogen-bond donors (Lipinski definition) is 1. The topological polar surface area (TPSA) is 42.1 Å². The first-order chi connectivity index (χ1) is 8.99. The Kier molecular flexibility index (Phi) is 4.39. The highest BCUT2D eigenvalue weighted by atomic mass is 79.9. The summed E-state index contributed by atoms with van der Waals surface area (Å²) in [6, 6.07) is 9.47. The van der Waals surface area contributed by atoms with Gasteiger partial charge in [0, 0.05) is 24.5 Å². The van der Waals surface area contributed by atoms with Gasteiger partial charge in [-0.25, -0.2) is 4.98 Å². The van der Waals surface area contributed by atoms with E-state index in [0.717, 1.165) is 21.5 Å². The highest BCUT2D eigenvalue weighted by molar-refractivity contribution is 9.10. The molecule has 98 valence electrons. The van der Waals surface area contributed by atoms with E-state index in [0.29, 0.717) is 10.0 Å². The fourth-order valence-corrected chi connectivity index (χ4v) is 2.67. The molecule has 2 rings (SSSR count). The first kappa shape index (κ1) is 14.2. The molecule has 0 amide bonds. The molecule has 0 fully saturated rings. The van der Waals surface area contributed by atoms with E-state index in [-0.39, 0.29) is 0 Å². The van der Waals surface area contributed by atoms with Crippen molar-refractivity contribution < 1.29 is 0 Å². The summed E-state index contributed by atoms with van der Waals surface area (Å²) in [6.07, 6.45) is 1.61. The number of benzene rings is 1. The van der Waals surface area contributed by atoms with Crippen LogP contribution in [0.15, 0.2) is 41.0 Å². The molecule has 3 nitrogen and oxygen atoms in total. The van der Waals surface area contributed by atoms with Crippen LogP contribution in [-0.4, -0.2) is 17.0 Å². The van der Waals surface area contributed by atoms with Crippen molar-refractivity contribution in [3.05, 3.63) is 51.6 Å². The van der Waals surface area contributed by atoms with Gasteiger partial charge in [0.1, 0.15) is 10.8 Å². The van der Waals surface area contributed by atoms with Gasteiger partial charge in [-0.2, -0.15) is 0 Å². The molecular weight excluding hydrogens is 346 g/mol. The van der Waals surface area contributed by atoms with Gasteiger partial charge < -0.3 is 10.6 Å². The minimum Gasteiger partial charge on any atom is -0.389 e. The van der Waals surface area contributed by atoms with E-state index in [1.165, 1.54) is 0 Å². The molecule has 0 unspecified atom stereocenters. The lowest BCUT2D eigenvalue weighted by Crippen LogP contribution is -2.13. The van der Waals surface area contributed by atoms with E-state index in [1.54, 1.807) is 6.20 Å². The van der Waals surface area contributed by atoms with E-state index < -0.39 is 0 Å². The van der Waals surface area contributed by atoms with Gasteiger partial charge in [0.15, 0.2) is 0 Å². The number of anilines is 2. The van der Waals surface area contributed by atoms with Gasteiger partial charge in [0.25, 0.3) is 0 Å². The fraction of sp³-hybridized carbons (Fsp3) is 0.0769. The van der Waals surface area contributed by atoms with Gasteiger partial charge in [-0.15, -0.1) is 0 Å². The molecule has 0 aliphatic heterocycles. The molecule has 19 heavy (non-hydrogen) atoms. The summed E-state index contributed by atoms with van der Waals surface area (Å²) in [6.45, 7) is 0. The van der Waals surface area contributed by atoms with Crippen molar-refractivity contribution in [3.63, 3.8) is 0 Å². The van der Waals surface area contributed by atoms with Crippen molar-refractivity contribution in [2.24, 2.45) is 5.73 Å². The molecule has 0 saturated carbocycles. The molecule has 0 saturated heterocycles. The third-order valence-electron chi connectivity index (χ3n) is 2.65. The molecular formula is C13H11BrClN3S. The Balaban J connectivity index is 2.33. The predicted octanol–water partition coefficient (Wildman–Crippen LogP) is 3.90. The van der Waals surface area contributed by atoms with Crippen LogP contribution in [0.2, 0.25) is 5.02 Å². The molecule has 6 heteroatoms. The molecule has 0 spiro atoms. The zero-order chi connectivity index (χ0) is 14.0. The largest absolute Gasteiger partial charge is 0.389 e. The summed E-state index contributed by atoms with van der Waals surface area (Å²) in [5.74, 6) is 0.785. The Bertz CT molecular complexity index is 616.